The highest BCUT2D eigenvalue weighted by molar-refractivity contribution is 6.31. The molecule has 0 aliphatic carbocycles. The van der Waals surface area contributed by atoms with Crippen LogP contribution in [0.4, 0.5) is 5.69 Å². The molecule has 0 aliphatic rings. The van der Waals surface area contributed by atoms with Crippen LogP contribution in [0.2, 0.25) is 5.15 Å². The maximum absolute atomic E-state index is 12.1. The number of anilines is 1. The van der Waals surface area contributed by atoms with Gasteiger partial charge in [-0.15, -0.1) is 0 Å². The molecule has 0 fully saturated rings. The van der Waals surface area contributed by atoms with Gasteiger partial charge in [-0.1, -0.05) is 29.3 Å². The van der Waals surface area contributed by atoms with E-state index >= 15 is 0 Å². The number of nitrogens with zero attached hydrogens (tertiary/aromatic N) is 3. The average molecular weight is 333 g/mol. The molecule has 2 aromatic rings. The van der Waals surface area contributed by atoms with Crippen LogP contribution < -0.4 is 10.4 Å². The van der Waals surface area contributed by atoms with Crippen molar-refractivity contribution in [2.45, 2.75) is 20.8 Å². The number of halogens is 1. The molecule has 1 aromatic carbocycles. The molecule has 0 spiro atoms. The van der Waals surface area contributed by atoms with E-state index in [1.807, 2.05) is 45.0 Å². The van der Waals surface area contributed by atoms with Gasteiger partial charge in [0, 0.05) is 25.2 Å². The Hall–Kier alpha value is -2.27. The highest BCUT2D eigenvalue weighted by Crippen LogP contribution is 2.20. The minimum Gasteiger partial charge on any atom is -0.286 e. The average Bonchev–Trinajstić information content (AvgIpc) is 2.77. The summed E-state index contributed by atoms with van der Waals surface area (Å²) in [5.41, 5.74) is 6.51. The zero-order chi connectivity index (χ0) is 17.0. The number of nitrogens with one attached hydrogen (secondary N) is 1. The largest absolute Gasteiger partial charge is 0.286 e. The molecule has 0 aliphatic heterocycles. The summed E-state index contributed by atoms with van der Waals surface area (Å²) in [7, 11) is 1.77. The van der Waals surface area contributed by atoms with Gasteiger partial charge < -0.3 is 0 Å². The van der Waals surface area contributed by atoms with Gasteiger partial charge in [0.15, 0.2) is 0 Å². The third-order valence-electron chi connectivity index (χ3n) is 3.50. The van der Waals surface area contributed by atoms with Gasteiger partial charge in [0.1, 0.15) is 5.15 Å². The fourth-order valence-corrected chi connectivity index (χ4v) is 2.45. The molecule has 0 bridgehead atoms. The third kappa shape index (κ3) is 4.13. The Morgan fingerprint density at radius 1 is 1.35 bits per heavy atom. The molecule has 0 saturated carbocycles. The number of hydrazine groups is 1. The number of benzene rings is 1. The molecule has 1 N–H and O–H groups in total. The maximum Gasteiger partial charge on any atom is 0.262 e. The van der Waals surface area contributed by atoms with Crippen molar-refractivity contribution in [2.24, 2.45) is 7.05 Å². The van der Waals surface area contributed by atoms with Crippen LogP contribution in [0.15, 0.2) is 30.3 Å². The summed E-state index contributed by atoms with van der Waals surface area (Å²) < 4.78 is 1.58. The molecule has 1 heterocycles. The third-order valence-corrected chi connectivity index (χ3v) is 3.95. The Bertz CT molecular complexity index is 719. The number of amides is 1. The van der Waals surface area contributed by atoms with Crippen molar-refractivity contribution in [3.8, 4) is 0 Å². The first-order valence-electron chi connectivity index (χ1n) is 7.44. The molecule has 0 radical (unpaired) electrons. The van der Waals surface area contributed by atoms with Crippen LogP contribution in [0.5, 0.6) is 0 Å². The summed E-state index contributed by atoms with van der Waals surface area (Å²) in [5.74, 6) is -0.216. The lowest BCUT2D eigenvalue weighted by Crippen LogP contribution is -2.41. The van der Waals surface area contributed by atoms with Gasteiger partial charge in [-0.05, 0) is 39.0 Å². The van der Waals surface area contributed by atoms with Crippen molar-refractivity contribution in [1.29, 1.82) is 0 Å². The van der Waals surface area contributed by atoms with Crippen LogP contribution in [-0.4, -0.2) is 22.2 Å². The van der Waals surface area contributed by atoms with Crippen molar-refractivity contribution < 1.29 is 4.79 Å². The summed E-state index contributed by atoms with van der Waals surface area (Å²) in [6.45, 7) is 6.52. The molecule has 122 valence electrons. The fraction of sp³-hybridized carbons (Fsp3) is 0.294. The van der Waals surface area contributed by atoms with Crippen molar-refractivity contribution in [2.75, 3.05) is 11.6 Å². The topological polar surface area (TPSA) is 50.2 Å². The number of carbonyl (C=O) groups is 1. The number of hydrogen-bond acceptors (Lipinski definition) is 3. The van der Waals surface area contributed by atoms with Gasteiger partial charge in [-0.3, -0.25) is 19.9 Å². The summed E-state index contributed by atoms with van der Waals surface area (Å²) in [5, 5.41) is 6.52. The predicted octanol–water partition coefficient (Wildman–Crippen LogP) is 3.26. The lowest BCUT2D eigenvalue weighted by Gasteiger charge is -2.23. The van der Waals surface area contributed by atoms with E-state index in [4.69, 9.17) is 11.6 Å². The van der Waals surface area contributed by atoms with Gasteiger partial charge in [0.25, 0.3) is 5.91 Å². The quantitative estimate of drug-likeness (QED) is 0.675. The molecule has 0 unspecified atom stereocenters. The van der Waals surface area contributed by atoms with E-state index in [1.165, 1.54) is 11.6 Å². The van der Waals surface area contributed by atoms with E-state index < -0.39 is 0 Å². The predicted molar refractivity (Wildman–Crippen MR) is 94.3 cm³/mol. The Labute approximate surface area is 141 Å². The molecular weight excluding hydrogens is 312 g/mol. The monoisotopic (exact) mass is 332 g/mol. The van der Waals surface area contributed by atoms with Crippen LogP contribution in [0.1, 0.15) is 23.7 Å². The molecule has 1 amide bonds. The van der Waals surface area contributed by atoms with Crippen LogP contribution in [-0.2, 0) is 11.8 Å². The van der Waals surface area contributed by atoms with Crippen LogP contribution in [0.25, 0.3) is 6.08 Å². The normalized spacial score (nSPS) is 11.0. The summed E-state index contributed by atoms with van der Waals surface area (Å²) in [4.78, 5) is 12.1. The molecule has 5 nitrogen and oxygen atoms in total. The van der Waals surface area contributed by atoms with E-state index in [2.05, 4.69) is 10.5 Å². The van der Waals surface area contributed by atoms with E-state index in [0.29, 0.717) is 11.7 Å². The van der Waals surface area contributed by atoms with Crippen LogP contribution >= 0.6 is 11.6 Å². The lowest BCUT2D eigenvalue weighted by atomic mass is 10.2. The zero-order valence-electron chi connectivity index (χ0n) is 13.8. The van der Waals surface area contributed by atoms with E-state index in [0.717, 1.165) is 16.9 Å². The van der Waals surface area contributed by atoms with Gasteiger partial charge in [-0.2, -0.15) is 5.10 Å². The van der Waals surface area contributed by atoms with Crippen molar-refractivity contribution in [3.05, 3.63) is 52.3 Å². The van der Waals surface area contributed by atoms with Gasteiger partial charge >= 0.3 is 0 Å². The molecule has 2 rings (SSSR count). The first kappa shape index (κ1) is 17.1. The molecule has 6 heteroatoms. The standard InChI is InChI=1S/C17H21ClN4O/c1-5-22(14-8-6-12(2)7-9-14)20-16(23)11-10-15-13(3)19-21(4)17(15)18/h6-11H,5H2,1-4H3,(H,20,23). The van der Waals surface area contributed by atoms with Crippen molar-refractivity contribution in [3.63, 3.8) is 0 Å². The van der Waals surface area contributed by atoms with Crippen molar-refractivity contribution >= 4 is 29.3 Å². The highest BCUT2D eigenvalue weighted by Gasteiger charge is 2.10. The number of hydrogen-bond donors (Lipinski definition) is 1. The minimum absolute atomic E-state index is 0.216. The Morgan fingerprint density at radius 3 is 2.52 bits per heavy atom. The Kier molecular flexibility index (Phi) is 5.45. The second-order valence-corrected chi connectivity index (χ2v) is 5.66. The van der Waals surface area contributed by atoms with Gasteiger partial charge in [0.2, 0.25) is 0 Å². The number of carbonyl (C=O) groups excluding carboxylic acids is 1. The second-order valence-electron chi connectivity index (χ2n) is 5.30. The Morgan fingerprint density at radius 2 is 2.00 bits per heavy atom. The molecule has 1 aromatic heterocycles. The lowest BCUT2D eigenvalue weighted by molar-refractivity contribution is -0.116. The summed E-state index contributed by atoms with van der Waals surface area (Å²) >= 11 is 6.15. The second kappa shape index (κ2) is 7.33. The van der Waals surface area contributed by atoms with Crippen LogP contribution in [0, 0.1) is 13.8 Å². The molecule has 0 atom stereocenters. The van der Waals surface area contributed by atoms with E-state index in [1.54, 1.807) is 22.8 Å². The minimum atomic E-state index is -0.216. The number of rotatable bonds is 5. The highest BCUT2D eigenvalue weighted by atomic mass is 35.5. The SMILES string of the molecule is CCN(NC(=O)C=Cc1c(C)nn(C)c1Cl)c1ccc(C)cc1. The molecule has 0 saturated heterocycles. The smallest absolute Gasteiger partial charge is 0.262 e. The van der Waals surface area contributed by atoms with Crippen LogP contribution in [0.3, 0.4) is 0 Å². The van der Waals surface area contributed by atoms with Gasteiger partial charge in [-0.25, -0.2) is 0 Å². The number of aryl methyl sites for hydroxylation is 3. The Balaban J connectivity index is 2.08. The first-order valence-corrected chi connectivity index (χ1v) is 7.82. The first-order chi connectivity index (χ1) is 10.9. The van der Waals surface area contributed by atoms with E-state index in [9.17, 15) is 4.79 Å². The fourth-order valence-electron chi connectivity index (χ4n) is 2.22. The maximum atomic E-state index is 12.1. The molecule has 23 heavy (non-hydrogen) atoms. The molecular formula is C17H21ClN4O. The summed E-state index contributed by atoms with van der Waals surface area (Å²) in [6, 6.07) is 7.98. The zero-order valence-corrected chi connectivity index (χ0v) is 14.6. The van der Waals surface area contributed by atoms with Crippen molar-refractivity contribution in [1.82, 2.24) is 15.2 Å². The number of aromatic nitrogens is 2. The van der Waals surface area contributed by atoms with E-state index in [-0.39, 0.29) is 5.91 Å². The van der Waals surface area contributed by atoms with Gasteiger partial charge in [0.05, 0.1) is 11.4 Å². The summed E-state index contributed by atoms with van der Waals surface area (Å²) in [6.07, 6.45) is 3.15.